The van der Waals surface area contributed by atoms with Crippen molar-refractivity contribution in [1.29, 1.82) is 0 Å². The van der Waals surface area contributed by atoms with E-state index in [2.05, 4.69) is 105 Å². The minimum absolute atomic E-state index is 0.291. The van der Waals surface area contributed by atoms with E-state index >= 15 is 0 Å². The predicted octanol–water partition coefficient (Wildman–Crippen LogP) is 5.38. The number of pyridine rings is 1. The molecular formula is C28H37N3O. The van der Waals surface area contributed by atoms with Crippen LogP contribution in [0.15, 0.2) is 61.2 Å². The van der Waals surface area contributed by atoms with Crippen LogP contribution in [-0.4, -0.2) is 39.7 Å². The average Bonchev–Trinajstić information content (AvgIpc) is 3.20. The molecule has 3 aromatic rings. The van der Waals surface area contributed by atoms with Gasteiger partial charge in [-0.15, -0.1) is 0 Å². The Bertz CT molecular complexity index is 1060. The zero-order chi connectivity index (χ0) is 23.1. The Balaban J connectivity index is 1.77. The predicted molar refractivity (Wildman–Crippen MR) is 131 cm³/mol. The fraction of sp³-hybridized carbons (Fsp3) is 0.464. The average molecular weight is 432 g/mol. The molecular weight excluding hydrogens is 394 g/mol. The highest BCUT2D eigenvalue weighted by atomic mass is 16.3. The molecule has 0 amide bonds. The van der Waals surface area contributed by atoms with E-state index in [1.54, 1.807) is 0 Å². The Kier molecular flexibility index (Phi) is 6.04. The third kappa shape index (κ3) is 4.02. The van der Waals surface area contributed by atoms with E-state index in [4.69, 9.17) is 0 Å². The third-order valence-corrected chi connectivity index (χ3v) is 6.94. The summed E-state index contributed by atoms with van der Waals surface area (Å²) in [6.07, 6.45) is 9.03. The van der Waals surface area contributed by atoms with E-state index in [0.717, 1.165) is 36.3 Å². The lowest BCUT2D eigenvalue weighted by Crippen LogP contribution is -2.63. The Morgan fingerprint density at radius 2 is 1.72 bits per heavy atom. The molecule has 0 aliphatic carbocycles. The molecule has 1 aromatic carbocycles. The minimum Gasteiger partial charge on any atom is -0.380 e. The van der Waals surface area contributed by atoms with Gasteiger partial charge in [0.05, 0.1) is 11.9 Å². The molecule has 3 heterocycles. The van der Waals surface area contributed by atoms with Gasteiger partial charge in [-0.2, -0.15) is 0 Å². The van der Waals surface area contributed by atoms with Crippen LogP contribution in [0.3, 0.4) is 0 Å². The first-order valence-corrected chi connectivity index (χ1v) is 11.8. The second-order valence-electron chi connectivity index (χ2n) is 10.7. The molecule has 170 valence electrons. The van der Waals surface area contributed by atoms with E-state index in [0.29, 0.717) is 11.8 Å². The van der Waals surface area contributed by atoms with Crippen molar-refractivity contribution in [2.24, 2.45) is 11.3 Å². The van der Waals surface area contributed by atoms with Crippen LogP contribution >= 0.6 is 0 Å². The molecule has 1 atom stereocenters. The van der Waals surface area contributed by atoms with Gasteiger partial charge >= 0.3 is 0 Å². The molecule has 0 spiro atoms. The van der Waals surface area contributed by atoms with Crippen LogP contribution in [0, 0.1) is 11.3 Å². The van der Waals surface area contributed by atoms with Crippen LogP contribution in [0.2, 0.25) is 0 Å². The molecule has 1 saturated heterocycles. The van der Waals surface area contributed by atoms with Crippen LogP contribution in [0.1, 0.15) is 62.8 Å². The molecule has 0 saturated carbocycles. The number of hydrogen-bond donors (Lipinski definition) is 1. The van der Waals surface area contributed by atoms with E-state index in [-0.39, 0.29) is 5.41 Å². The van der Waals surface area contributed by atoms with Crippen LogP contribution in [-0.2, 0) is 12.0 Å². The number of benzene rings is 1. The van der Waals surface area contributed by atoms with Crippen molar-refractivity contribution in [1.82, 2.24) is 14.5 Å². The van der Waals surface area contributed by atoms with Gasteiger partial charge in [0.2, 0.25) is 0 Å². The highest BCUT2D eigenvalue weighted by molar-refractivity contribution is 5.45. The molecule has 4 nitrogen and oxygen atoms in total. The van der Waals surface area contributed by atoms with Crippen molar-refractivity contribution in [2.45, 2.75) is 52.6 Å². The lowest BCUT2D eigenvalue weighted by atomic mass is 9.62. The number of rotatable bonds is 7. The Labute approximate surface area is 192 Å². The molecule has 4 rings (SSSR count). The summed E-state index contributed by atoms with van der Waals surface area (Å²) in [6.45, 7) is 12.7. The van der Waals surface area contributed by atoms with Gasteiger partial charge in [0.25, 0.3) is 0 Å². The van der Waals surface area contributed by atoms with E-state index in [1.807, 2.05) is 12.4 Å². The maximum absolute atomic E-state index is 12.4. The fourth-order valence-corrected chi connectivity index (χ4v) is 5.31. The molecule has 0 bridgehead atoms. The number of aliphatic hydroxyl groups is 1. The Morgan fingerprint density at radius 3 is 2.31 bits per heavy atom. The molecule has 1 aliphatic rings. The second kappa shape index (κ2) is 8.49. The topological polar surface area (TPSA) is 41.3 Å². The number of nitrogens with zero attached hydrogens (tertiary/aromatic N) is 3. The highest BCUT2D eigenvalue weighted by Crippen LogP contribution is 2.50. The van der Waals surface area contributed by atoms with E-state index in [9.17, 15) is 5.11 Å². The van der Waals surface area contributed by atoms with Gasteiger partial charge in [0.15, 0.2) is 0 Å². The molecule has 0 unspecified atom stereocenters. The van der Waals surface area contributed by atoms with Crippen molar-refractivity contribution in [3.05, 3.63) is 83.4 Å². The SMILES string of the molecule is CC(C)Cc1ccn(-c2cncc([C@@](O)(c3ccc(C(C)C)cc3)C3(C)CN(C)C3)c2)c1. The molecule has 1 aliphatic heterocycles. The van der Waals surface area contributed by atoms with Crippen molar-refractivity contribution in [3.8, 4) is 5.69 Å². The summed E-state index contributed by atoms with van der Waals surface area (Å²) < 4.78 is 2.12. The second-order valence-corrected chi connectivity index (χ2v) is 10.7. The van der Waals surface area contributed by atoms with Crippen molar-refractivity contribution >= 4 is 0 Å². The summed E-state index contributed by atoms with van der Waals surface area (Å²) in [5.41, 5.74) is 3.95. The number of hydrogen-bond acceptors (Lipinski definition) is 3. The van der Waals surface area contributed by atoms with E-state index < -0.39 is 5.60 Å². The first-order chi connectivity index (χ1) is 15.1. The van der Waals surface area contributed by atoms with Crippen molar-refractivity contribution in [2.75, 3.05) is 20.1 Å². The summed E-state index contributed by atoms with van der Waals surface area (Å²) in [4.78, 5) is 6.82. The van der Waals surface area contributed by atoms with Crippen molar-refractivity contribution in [3.63, 3.8) is 0 Å². The Morgan fingerprint density at radius 1 is 1.03 bits per heavy atom. The summed E-state index contributed by atoms with van der Waals surface area (Å²) in [7, 11) is 2.11. The molecule has 32 heavy (non-hydrogen) atoms. The van der Waals surface area contributed by atoms with E-state index in [1.165, 1.54) is 11.1 Å². The summed E-state index contributed by atoms with van der Waals surface area (Å²) >= 11 is 0. The maximum atomic E-state index is 12.4. The van der Waals surface area contributed by atoms with Gasteiger partial charge in [-0.05, 0) is 54.1 Å². The summed E-state index contributed by atoms with van der Waals surface area (Å²) in [6, 6.07) is 12.8. The first kappa shape index (κ1) is 22.8. The normalized spacial score (nSPS) is 18.0. The first-order valence-electron chi connectivity index (χ1n) is 11.8. The van der Waals surface area contributed by atoms with Gasteiger partial charge in [-0.25, -0.2) is 0 Å². The van der Waals surface area contributed by atoms with Crippen LogP contribution in [0.25, 0.3) is 5.69 Å². The zero-order valence-electron chi connectivity index (χ0n) is 20.3. The number of likely N-dealkylation sites (tertiary alicyclic amines) is 1. The maximum Gasteiger partial charge on any atom is 0.124 e. The van der Waals surface area contributed by atoms with Gasteiger partial charge in [0.1, 0.15) is 5.60 Å². The van der Waals surface area contributed by atoms with Crippen LogP contribution in [0.5, 0.6) is 0 Å². The van der Waals surface area contributed by atoms with Gasteiger partial charge in [-0.3, -0.25) is 4.98 Å². The van der Waals surface area contributed by atoms with Crippen LogP contribution < -0.4 is 0 Å². The standard InChI is InChI=1S/C28H37N3O/c1-20(2)13-22-11-12-31(17-22)26-14-25(15-29-16-26)28(32,27(5)18-30(6)19-27)24-9-7-23(8-10-24)21(3)4/h7-12,14-17,20-21,32H,13,18-19H2,1-6H3/t28-/m0/s1. The Hall–Kier alpha value is -2.43. The number of aromatic nitrogens is 2. The monoisotopic (exact) mass is 431 g/mol. The van der Waals surface area contributed by atoms with Gasteiger partial charge < -0.3 is 14.6 Å². The van der Waals surface area contributed by atoms with Gasteiger partial charge in [-0.1, -0.05) is 58.9 Å². The smallest absolute Gasteiger partial charge is 0.124 e. The minimum atomic E-state index is -1.12. The fourth-order valence-electron chi connectivity index (χ4n) is 5.31. The lowest BCUT2D eigenvalue weighted by Gasteiger charge is -2.55. The molecule has 0 radical (unpaired) electrons. The molecule has 1 fully saturated rings. The molecule has 2 aromatic heterocycles. The summed E-state index contributed by atoms with van der Waals surface area (Å²) in [5, 5.41) is 12.4. The largest absolute Gasteiger partial charge is 0.380 e. The molecule has 4 heteroatoms. The van der Waals surface area contributed by atoms with Gasteiger partial charge in [0, 0.05) is 42.7 Å². The van der Waals surface area contributed by atoms with Crippen molar-refractivity contribution < 1.29 is 5.11 Å². The third-order valence-electron chi connectivity index (χ3n) is 6.94. The zero-order valence-corrected chi connectivity index (χ0v) is 20.3. The summed E-state index contributed by atoms with van der Waals surface area (Å²) in [5.74, 6) is 1.08. The lowest BCUT2D eigenvalue weighted by molar-refractivity contribution is -0.127. The molecule has 1 N–H and O–H groups in total. The highest BCUT2D eigenvalue weighted by Gasteiger charge is 2.55. The van der Waals surface area contributed by atoms with Crippen LogP contribution in [0.4, 0.5) is 0 Å². The quantitative estimate of drug-likeness (QED) is 0.546.